The zero-order valence-corrected chi connectivity index (χ0v) is 16.1. The summed E-state index contributed by atoms with van der Waals surface area (Å²) >= 11 is 0. The molecule has 0 unspecified atom stereocenters. The van der Waals surface area contributed by atoms with Crippen LogP contribution in [0.1, 0.15) is 23.3 Å². The van der Waals surface area contributed by atoms with Crippen LogP contribution in [0.25, 0.3) is 0 Å². The predicted octanol–water partition coefficient (Wildman–Crippen LogP) is 1.20. The van der Waals surface area contributed by atoms with Gasteiger partial charge in [0.05, 0.1) is 0 Å². The number of carbonyl (C=O) groups is 3. The van der Waals surface area contributed by atoms with Crippen LogP contribution in [-0.2, 0) is 20.7 Å². The van der Waals surface area contributed by atoms with Crippen molar-refractivity contribution in [2.45, 2.75) is 18.6 Å². The maximum atomic E-state index is 13.1. The number of urea groups is 1. The number of hydrogen-bond acceptors (Lipinski definition) is 7. The van der Waals surface area contributed by atoms with Crippen LogP contribution in [0.3, 0.4) is 0 Å². The van der Waals surface area contributed by atoms with Crippen molar-refractivity contribution < 1.29 is 19.1 Å². The van der Waals surface area contributed by atoms with Crippen molar-refractivity contribution in [2.75, 3.05) is 7.05 Å². The number of benzene rings is 2. The van der Waals surface area contributed by atoms with E-state index in [1.54, 1.807) is 30.3 Å². The van der Waals surface area contributed by atoms with Crippen molar-refractivity contribution in [3.05, 3.63) is 78.1 Å². The molecular formula is C20H20N6O4. The van der Waals surface area contributed by atoms with E-state index in [0.29, 0.717) is 5.56 Å². The lowest BCUT2D eigenvalue weighted by Gasteiger charge is -2.21. The van der Waals surface area contributed by atoms with Crippen molar-refractivity contribution in [2.24, 2.45) is 0 Å². The molecule has 0 radical (unpaired) electrons. The van der Waals surface area contributed by atoms with Gasteiger partial charge in [-0.1, -0.05) is 60.7 Å². The molecule has 0 aliphatic heterocycles. The van der Waals surface area contributed by atoms with Gasteiger partial charge in [-0.25, -0.2) is 14.3 Å². The molecule has 0 spiro atoms. The lowest BCUT2D eigenvalue weighted by atomic mass is 10.1. The summed E-state index contributed by atoms with van der Waals surface area (Å²) in [4.78, 5) is 37.3. The largest absolute Gasteiger partial charge is 0.446 e. The van der Waals surface area contributed by atoms with E-state index in [-0.39, 0.29) is 6.42 Å². The number of imide groups is 1. The van der Waals surface area contributed by atoms with Crippen LogP contribution in [0.2, 0.25) is 0 Å². The van der Waals surface area contributed by atoms with Gasteiger partial charge in [-0.2, -0.15) is 0 Å². The average Bonchev–Trinajstić information content (AvgIpc) is 3.31. The Hall–Kier alpha value is -4.08. The van der Waals surface area contributed by atoms with Gasteiger partial charge < -0.3 is 10.1 Å². The lowest BCUT2D eigenvalue weighted by molar-refractivity contribution is -0.159. The van der Waals surface area contributed by atoms with E-state index < -0.39 is 30.1 Å². The smallest absolute Gasteiger partial charge is 0.332 e. The van der Waals surface area contributed by atoms with Crippen LogP contribution in [0.5, 0.6) is 0 Å². The van der Waals surface area contributed by atoms with E-state index in [2.05, 4.69) is 26.2 Å². The van der Waals surface area contributed by atoms with E-state index in [1.807, 2.05) is 30.3 Å². The molecule has 1 aromatic heterocycles. The first-order valence-electron chi connectivity index (χ1n) is 9.13. The maximum absolute atomic E-state index is 13.1. The molecule has 154 valence electrons. The molecule has 3 amide bonds. The second kappa shape index (κ2) is 9.92. The summed E-state index contributed by atoms with van der Waals surface area (Å²) in [6.45, 7) is 0. The van der Waals surface area contributed by atoms with Crippen molar-refractivity contribution in [1.82, 2.24) is 30.8 Å². The van der Waals surface area contributed by atoms with Crippen molar-refractivity contribution in [3.8, 4) is 0 Å². The third-order valence-corrected chi connectivity index (χ3v) is 4.27. The Morgan fingerprint density at radius 2 is 1.70 bits per heavy atom. The van der Waals surface area contributed by atoms with Crippen LogP contribution in [0.4, 0.5) is 4.79 Å². The van der Waals surface area contributed by atoms with E-state index >= 15 is 0 Å². The number of rotatable bonds is 7. The zero-order chi connectivity index (χ0) is 21.3. The fourth-order valence-corrected chi connectivity index (χ4v) is 2.77. The van der Waals surface area contributed by atoms with Crippen LogP contribution in [-0.4, -0.2) is 45.2 Å². The Kier molecular flexibility index (Phi) is 6.83. The van der Waals surface area contributed by atoms with Gasteiger partial charge in [0.2, 0.25) is 6.10 Å². The van der Waals surface area contributed by atoms with Gasteiger partial charge in [0.25, 0.3) is 5.91 Å². The molecule has 10 nitrogen and oxygen atoms in total. The fraction of sp³-hybridized carbons (Fsp3) is 0.200. The molecule has 2 N–H and O–H groups in total. The lowest BCUT2D eigenvalue weighted by Crippen LogP contribution is -2.41. The summed E-state index contributed by atoms with van der Waals surface area (Å²) < 4.78 is 6.83. The van der Waals surface area contributed by atoms with Crippen molar-refractivity contribution in [3.63, 3.8) is 0 Å². The number of hydrogen-bond donors (Lipinski definition) is 2. The third-order valence-electron chi connectivity index (χ3n) is 4.27. The summed E-state index contributed by atoms with van der Waals surface area (Å²) in [6.07, 6.45) is 0.228. The molecule has 1 heterocycles. The van der Waals surface area contributed by atoms with Gasteiger partial charge in [-0.15, -0.1) is 5.10 Å². The van der Waals surface area contributed by atoms with Gasteiger partial charge in [0.1, 0.15) is 6.33 Å². The fourth-order valence-electron chi connectivity index (χ4n) is 2.77. The van der Waals surface area contributed by atoms with Crippen LogP contribution in [0, 0.1) is 0 Å². The van der Waals surface area contributed by atoms with Gasteiger partial charge in [-0.05, 0) is 16.0 Å². The number of aromatic nitrogens is 4. The SMILES string of the molecule is CNC(=O)NC(=O)[C@H](OC(=O)[C@H](Cc1ccccc1)n1cnnn1)c1ccccc1. The third kappa shape index (κ3) is 5.25. The molecule has 0 aliphatic rings. The molecule has 0 aliphatic carbocycles. The van der Waals surface area contributed by atoms with Crippen molar-refractivity contribution >= 4 is 17.9 Å². The summed E-state index contributed by atoms with van der Waals surface area (Å²) in [7, 11) is 1.37. The van der Waals surface area contributed by atoms with Crippen molar-refractivity contribution in [1.29, 1.82) is 0 Å². The molecule has 30 heavy (non-hydrogen) atoms. The second-order valence-corrected chi connectivity index (χ2v) is 6.29. The monoisotopic (exact) mass is 408 g/mol. The first-order valence-corrected chi connectivity index (χ1v) is 9.13. The van der Waals surface area contributed by atoms with Gasteiger partial charge in [0, 0.05) is 19.0 Å². The highest BCUT2D eigenvalue weighted by molar-refractivity contribution is 5.97. The first kappa shape index (κ1) is 20.6. The summed E-state index contributed by atoms with van der Waals surface area (Å²) in [5, 5.41) is 15.4. The number of carbonyl (C=O) groups excluding carboxylic acids is 3. The molecular weight excluding hydrogens is 388 g/mol. The first-order chi connectivity index (χ1) is 14.6. The molecule has 2 atom stereocenters. The van der Waals surface area contributed by atoms with Crippen LogP contribution >= 0.6 is 0 Å². The Balaban J connectivity index is 1.86. The topological polar surface area (TPSA) is 128 Å². The normalized spacial score (nSPS) is 12.4. The standard InChI is InChI=1S/C20H20N6O4/c1-21-20(29)23-18(27)17(15-10-6-3-7-11-15)30-19(28)16(26-13-22-24-25-26)12-14-8-4-2-5-9-14/h2-11,13,16-17H,12H2,1H3,(H2,21,23,27,29)/t16-,17+/m0/s1. The molecule has 0 saturated heterocycles. The van der Waals surface area contributed by atoms with E-state index in [1.165, 1.54) is 18.1 Å². The molecule has 0 bridgehead atoms. The van der Waals surface area contributed by atoms with Gasteiger partial charge in [-0.3, -0.25) is 10.1 Å². The Bertz CT molecular complexity index is 979. The highest BCUT2D eigenvalue weighted by Gasteiger charge is 2.31. The van der Waals surface area contributed by atoms with Crippen LogP contribution in [0.15, 0.2) is 67.0 Å². The molecule has 10 heteroatoms. The number of amides is 3. The molecule has 0 saturated carbocycles. The number of tetrazole rings is 1. The highest BCUT2D eigenvalue weighted by Crippen LogP contribution is 2.22. The number of ether oxygens (including phenoxy) is 1. The molecule has 3 rings (SSSR count). The Morgan fingerprint density at radius 3 is 2.30 bits per heavy atom. The minimum atomic E-state index is -1.33. The minimum Gasteiger partial charge on any atom is -0.446 e. The average molecular weight is 408 g/mol. The number of nitrogens with one attached hydrogen (secondary N) is 2. The molecule has 2 aromatic carbocycles. The van der Waals surface area contributed by atoms with E-state index in [0.717, 1.165) is 5.56 Å². The van der Waals surface area contributed by atoms with Gasteiger partial charge in [0.15, 0.2) is 6.04 Å². The van der Waals surface area contributed by atoms with E-state index in [4.69, 9.17) is 4.74 Å². The molecule has 3 aromatic rings. The minimum absolute atomic E-state index is 0.253. The van der Waals surface area contributed by atoms with E-state index in [9.17, 15) is 14.4 Å². The van der Waals surface area contributed by atoms with Gasteiger partial charge >= 0.3 is 12.0 Å². The van der Waals surface area contributed by atoms with Crippen LogP contribution < -0.4 is 10.6 Å². The maximum Gasteiger partial charge on any atom is 0.332 e. The second-order valence-electron chi connectivity index (χ2n) is 6.29. The number of esters is 1. The summed E-state index contributed by atoms with van der Waals surface area (Å²) in [5.41, 5.74) is 1.28. The Morgan fingerprint density at radius 1 is 1.03 bits per heavy atom. The summed E-state index contributed by atoms with van der Waals surface area (Å²) in [5.74, 6) is -1.49. The predicted molar refractivity (Wildman–Crippen MR) is 105 cm³/mol. The quantitative estimate of drug-likeness (QED) is 0.562. The molecule has 0 fully saturated rings. The summed E-state index contributed by atoms with van der Waals surface area (Å²) in [6, 6.07) is 16.1. The highest BCUT2D eigenvalue weighted by atomic mass is 16.5. The number of nitrogens with zero attached hydrogens (tertiary/aromatic N) is 4. The zero-order valence-electron chi connectivity index (χ0n) is 16.1. The Labute approximate surface area is 172 Å².